The number of carbonyl (C=O) groups is 1. The van der Waals surface area contributed by atoms with Gasteiger partial charge in [-0.2, -0.15) is 0 Å². The van der Waals surface area contributed by atoms with Gasteiger partial charge in [0.25, 0.3) is 5.91 Å². The molecule has 4 rings (SSSR count). The number of rotatable bonds is 4. The number of benzene rings is 1. The predicted octanol–water partition coefficient (Wildman–Crippen LogP) is 3.25. The minimum absolute atomic E-state index is 0. The molecule has 0 N–H and O–H groups in total. The Balaban J connectivity index is 0.00000256. The number of anilines is 1. The summed E-state index contributed by atoms with van der Waals surface area (Å²) in [6, 6.07) is 13.8. The smallest absolute Gasteiger partial charge is 0.272 e. The van der Waals surface area contributed by atoms with Crippen LogP contribution in [0.1, 0.15) is 28.9 Å². The Morgan fingerprint density at radius 3 is 2.70 bits per heavy atom. The first-order valence-electron chi connectivity index (χ1n) is 10.5. The number of carbonyl (C=O) groups excluding carboxylic acids is 1. The summed E-state index contributed by atoms with van der Waals surface area (Å²) in [7, 11) is 2.15. The first-order chi connectivity index (χ1) is 14.1. The standard InChI is InChI=1S/C23H30N4O2.ClH/c1-18-7-3-4-9-21(18)29-19-11-14-27(17-19)23(28)20-8-5-10-22(24-20)26-13-6-12-25(2)15-16-26;/h3-5,7-10,19H,6,11-17H2,1-2H3;1H/t19-;/m1./s1. The van der Waals surface area contributed by atoms with Gasteiger partial charge in [0.05, 0.1) is 6.54 Å². The fourth-order valence-electron chi connectivity index (χ4n) is 4.03. The Labute approximate surface area is 185 Å². The zero-order valence-corrected chi connectivity index (χ0v) is 18.6. The normalized spacial score (nSPS) is 19.9. The van der Waals surface area contributed by atoms with Crippen LogP contribution in [0.3, 0.4) is 0 Å². The predicted molar refractivity (Wildman–Crippen MR) is 122 cm³/mol. The summed E-state index contributed by atoms with van der Waals surface area (Å²) in [5, 5.41) is 0. The van der Waals surface area contributed by atoms with Crippen molar-refractivity contribution in [1.29, 1.82) is 0 Å². The molecule has 0 spiro atoms. The number of aromatic nitrogens is 1. The topological polar surface area (TPSA) is 48.9 Å². The molecule has 7 heteroatoms. The molecule has 1 amide bonds. The summed E-state index contributed by atoms with van der Waals surface area (Å²) < 4.78 is 6.14. The third-order valence-electron chi connectivity index (χ3n) is 5.82. The first kappa shape index (κ1) is 22.4. The van der Waals surface area contributed by atoms with Crippen LogP contribution in [0.2, 0.25) is 0 Å². The lowest BCUT2D eigenvalue weighted by Gasteiger charge is -2.23. The van der Waals surface area contributed by atoms with Gasteiger partial charge >= 0.3 is 0 Å². The van der Waals surface area contributed by atoms with Crippen LogP contribution in [0.5, 0.6) is 5.75 Å². The maximum absolute atomic E-state index is 13.0. The third-order valence-corrected chi connectivity index (χ3v) is 5.82. The van der Waals surface area contributed by atoms with E-state index in [1.807, 2.05) is 54.3 Å². The van der Waals surface area contributed by atoms with Gasteiger partial charge in [-0.1, -0.05) is 24.3 Å². The number of nitrogens with zero attached hydrogens (tertiary/aromatic N) is 4. The monoisotopic (exact) mass is 430 g/mol. The average Bonchev–Trinajstić information content (AvgIpc) is 3.09. The molecule has 2 saturated heterocycles. The molecule has 0 saturated carbocycles. The number of pyridine rings is 1. The minimum atomic E-state index is -0.00493. The number of likely N-dealkylation sites (tertiary alicyclic amines) is 1. The first-order valence-corrected chi connectivity index (χ1v) is 10.5. The quantitative estimate of drug-likeness (QED) is 0.745. The number of para-hydroxylation sites is 1. The van der Waals surface area contributed by atoms with Gasteiger partial charge in [0.15, 0.2) is 0 Å². The number of aryl methyl sites for hydroxylation is 1. The Kier molecular flexibility index (Phi) is 7.56. The van der Waals surface area contributed by atoms with Crippen LogP contribution in [0.15, 0.2) is 42.5 Å². The second-order valence-electron chi connectivity index (χ2n) is 8.07. The van der Waals surface area contributed by atoms with Crippen molar-refractivity contribution in [2.45, 2.75) is 25.9 Å². The van der Waals surface area contributed by atoms with Crippen molar-refractivity contribution in [2.24, 2.45) is 0 Å². The number of halogens is 1. The van der Waals surface area contributed by atoms with Gasteiger partial charge in [-0.3, -0.25) is 4.79 Å². The lowest BCUT2D eigenvalue weighted by atomic mass is 10.2. The fourth-order valence-corrected chi connectivity index (χ4v) is 4.03. The summed E-state index contributed by atoms with van der Waals surface area (Å²) in [5.74, 6) is 1.80. The molecule has 162 valence electrons. The van der Waals surface area contributed by atoms with Crippen molar-refractivity contribution in [1.82, 2.24) is 14.8 Å². The Hall–Kier alpha value is -2.31. The van der Waals surface area contributed by atoms with Crippen LogP contribution in [-0.2, 0) is 0 Å². The van der Waals surface area contributed by atoms with Crippen LogP contribution >= 0.6 is 12.4 Å². The van der Waals surface area contributed by atoms with Crippen molar-refractivity contribution >= 4 is 24.1 Å². The highest BCUT2D eigenvalue weighted by atomic mass is 35.5. The molecule has 30 heavy (non-hydrogen) atoms. The highest BCUT2D eigenvalue weighted by molar-refractivity contribution is 5.93. The van der Waals surface area contributed by atoms with Gasteiger partial charge in [0.1, 0.15) is 23.4 Å². The Bertz CT molecular complexity index is 863. The number of hydrogen-bond donors (Lipinski definition) is 0. The molecule has 1 atom stereocenters. The molecule has 0 bridgehead atoms. The number of hydrogen-bond acceptors (Lipinski definition) is 5. The van der Waals surface area contributed by atoms with Crippen LogP contribution in [0, 0.1) is 6.92 Å². The number of ether oxygens (including phenoxy) is 1. The minimum Gasteiger partial charge on any atom is -0.488 e. The molecule has 3 heterocycles. The highest BCUT2D eigenvalue weighted by Gasteiger charge is 2.29. The largest absolute Gasteiger partial charge is 0.488 e. The van der Waals surface area contributed by atoms with Crippen molar-refractivity contribution in [3.8, 4) is 5.75 Å². The Morgan fingerprint density at radius 2 is 1.87 bits per heavy atom. The summed E-state index contributed by atoms with van der Waals surface area (Å²) in [5.41, 5.74) is 1.64. The molecule has 2 aromatic rings. The van der Waals surface area contributed by atoms with Crippen LogP contribution < -0.4 is 9.64 Å². The van der Waals surface area contributed by atoms with E-state index < -0.39 is 0 Å². The van der Waals surface area contributed by atoms with Gasteiger partial charge in [-0.15, -0.1) is 12.4 Å². The molecule has 0 radical (unpaired) electrons. The Morgan fingerprint density at radius 1 is 1.03 bits per heavy atom. The zero-order chi connectivity index (χ0) is 20.2. The molecule has 1 aromatic heterocycles. The van der Waals surface area contributed by atoms with E-state index in [0.717, 1.165) is 56.2 Å². The summed E-state index contributed by atoms with van der Waals surface area (Å²) >= 11 is 0. The van der Waals surface area contributed by atoms with Gasteiger partial charge < -0.3 is 19.4 Å². The summed E-state index contributed by atoms with van der Waals surface area (Å²) in [6.45, 7) is 7.39. The molecule has 6 nitrogen and oxygen atoms in total. The fraction of sp³-hybridized carbons (Fsp3) is 0.478. The molecular weight excluding hydrogens is 400 g/mol. The maximum atomic E-state index is 13.0. The lowest BCUT2D eigenvalue weighted by molar-refractivity contribution is 0.0766. The van der Waals surface area contributed by atoms with Crippen molar-refractivity contribution in [3.05, 3.63) is 53.7 Å². The van der Waals surface area contributed by atoms with E-state index in [9.17, 15) is 4.79 Å². The van der Waals surface area contributed by atoms with Crippen molar-refractivity contribution in [2.75, 3.05) is 51.2 Å². The highest BCUT2D eigenvalue weighted by Crippen LogP contribution is 2.23. The van der Waals surface area contributed by atoms with E-state index in [0.29, 0.717) is 18.8 Å². The van der Waals surface area contributed by atoms with Gasteiger partial charge in [0, 0.05) is 32.6 Å². The molecule has 2 aliphatic rings. The molecule has 0 unspecified atom stereocenters. The van der Waals surface area contributed by atoms with Crippen molar-refractivity contribution in [3.63, 3.8) is 0 Å². The van der Waals surface area contributed by atoms with Crippen molar-refractivity contribution < 1.29 is 9.53 Å². The number of likely N-dealkylation sites (N-methyl/N-ethyl adjacent to an activating group) is 1. The molecule has 2 fully saturated rings. The van der Waals surface area contributed by atoms with Gasteiger partial charge in [0.2, 0.25) is 0 Å². The van der Waals surface area contributed by atoms with Crippen LogP contribution in [0.4, 0.5) is 5.82 Å². The SMILES string of the molecule is Cc1ccccc1O[C@@H]1CCN(C(=O)c2cccc(N3CCCN(C)CC3)n2)C1.Cl. The van der Waals surface area contributed by atoms with Crippen LogP contribution in [-0.4, -0.2) is 73.1 Å². The molecule has 2 aliphatic heterocycles. The molecule has 0 aliphatic carbocycles. The van der Waals surface area contributed by atoms with E-state index in [2.05, 4.69) is 16.8 Å². The average molecular weight is 431 g/mol. The van der Waals surface area contributed by atoms with Gasteiger partial charge in [-0.25, -0.2) is 4.98 Å². The van der Waals surface area contributed by atoms with E-state index in [-0.39, 0.29) is 24.4 Å². The lowest BCUT2D eigenvalue weighted by Crippen LogP contribution is -2.33. The maximum Gasteiger partial charge on any atom is 0.272 e. The summed E-state index contributed by atoms with van der Waals surface area (Å²) in [6.07, 6.45) is 1.99. The third kappa shape index (κ3) is 5.24. The second-order valence-corrected chi connectivity index (χ2v) is 8.07. The molecular formula is C23H31ClN4O2. The van der Waals surface area contributed by atoms with Gasteiger partial charge in [-0.05, 0) is 50.7 Å². The van der Waals surface area contributed by atoms with E-state index in [1.54, 1.807) is 0 Å². The van der Waals surface area contributed by atoms with E-state index in [4.69, 9.17) is 9.72 Å². The van der Waals surface area contributed by atoms with Crippen LogP contribution in [0.25, 0.3) is 0 Å². The van der Waals surface area contributed by atoms with E-state index >= 15 is 0 Å². The second kappa shape index (κ2) is 10.1. The molecule has 1 aromatic carbocycles. The summed E-state index contributed by atoms with van der Waals surface area (Å²) in [4.78, 5) is 24.2. The van der Waals surface area contributed by atoms with E-state index in [1.165, 1.54) is 0 Å². The number of amides is 1. The zero-order valence-electron chi connectivity index (χ0n) is 17.8.